The molecule has 1 aromatic heterocycles. The molecule has 0 radical (unpaired) electrons. The van der Waals surface area contributed by atoms with Crippen LogP contribution < -0.4 is 19.7 Å². The quantitative estimate of drug-likeness (QED) is 0.935. The summed E-state index contributed by atoms with van der Waals surface area (Å²) in [4.78, 5) is 6.62. The number of hydrogen-bond donors (Lipinski definition) is 1. The number of fused-ring (bicyclic) bond motifs is 2. The van der Waals surface area contributed by atoms with Gasteiger partial charge in [0.2, 0.25) is 0 Å². The molecule has 2 saturated heterocycles. The van der Waals surface area contributed by atoms with Gasteiger partial charge in [0, 0.05) is 37.8 Å². The average molecular weight is 329 g/mol. The van der Waals surface area contributed by atoms with E-state index in [1.165, 1.54) is 25.7 Å². The van der Waals surface area contributed by atoms with E-state index in [0.717, 1.165) is 25.3 Å². The lowest BCUT2D eigenvalue weighted by molar-refractivity contribution is 0.376. The van der Waals surface area contributed by atoms with E-state index in [2.05, 4.69) is 15.2 Å². The molecule has 2 fully saturated rings. The normalized spacial score (nSPS) is 22.5. The zero-order chi connectivity index (χ0) is 16.5. The van der Waals surface area contributed by atoms with Crippen molar-refractivity contribution < 1.29 is 13.9 Å². The zero-order valence-electron chi connectivity index (χ0n) is 13.5. The van der Waals surface area contributed by atoms with Crippen LogP contribution in [0.5, 0.6) is 17.2 Å². The van der Waals surface area contributed by atoms with E-state index in [1.807, 2.05) is 12.3 Å². The highest BCUT2D eigenvalue weighted by molar-refractivity contribution is 5.51. The average Bonchev–Trinajstić information content (AvgIpc) is 2.93. The van der Waals surface area contributed by atoms with Crippen molar-refractivity contribution in [3.8, 4) is 17.2 Å². The van der Waals surface area contributed by atoms with Crippen LogP contribution in [0.2, 0.25) is 0 Å². The highest BCUT2D eigenvalue weighted by Gasteiger charge is 2.32. The third-order valence-corrected chi connectivity index (χ3v) is 4.65. The second kappa shape index (κ2) is 6.28. The molecule has 0 aliphatic carbocycles. The Morgan fingerprint density at radius 3 is 2.96 bits per heavy atom. The second-order valence-electron chi connectivity index (χ2n) is 6.39. The van der Waals surface area contributed by atoms with Gasteiger partial charge in [-0.1, -0.05) is 0 Å². The van der Waals surface area contributed by atoms with Crippen LogP contribution in [0.1, 0.15) is 6.42 Å². The fraction of sp³-hybridized carbons (Fsp3) is 0.389. The minimum absolute atomic E-state index is 0.344. The first kappa shape index (κ1) is 15.2. The maximum atomic E-state index is 13.5. The predicted octanol–water partition coefficient (Wildman–Crippen LogP) is 2.82. The Morgan fingerprint density at radius 2 is 2.12 bits per heavy atom. The zero-order valence-corrected chi connectivity index (χ0v) is 13.5. The van der Waals surface area contributed by atoms with Crippen LogP contribution >= 0.6 is 0 Å². The van der Waals surface area contributed by atoms with E-state index in [4.69, 9.17) is 9.47 Å². The van der Waals surface area contributed by atoms with E-state index in [1.54, 1.807) is 12.3 Å². The van der Waals surface area contributed by atoms with Crippen molar-refractivity contribution in [2.75, 3.05) is 31.6 Å². The summed E-state index contributed by atoms with van der Waals surface area (Å²) < 4.78 is 24.5. The fourth-order valence-electron chi connectivity index (χ4n) is 3.54. The Labute approximate surface area is 140 Å². The summed E-state index contributed by atoms with van der Waals surface area (Å²) in [5.41, 5.74) is 1.03. The molecule has 2 aliphatic rings. The van der Waals surface area contributed by atoms with Crippen molar-refractivity contribution in [3.63, 3.8) is 0 Å². The highest BCUT2D eigenvalue weighted by atomic mass is 19.1. The van der Waals surface area contributed by atoms with Crippen molar-refractivity contribution in [1.29, 1.82) is 0 Å². The molecule has 6 heteroatoms. The van der Waals surface area contributed by atoms with Gasteiger partial charge < -0.3 is 19.7 Å². The molecule has 5 nitrogen and oxygen atoms in total. The summed E-state index contributed by atoms with van der Waals surface area (Å²) in [6, 6.07) is 6.71. The molecule has 4 rings (SSSR count). The first-order chi connectivity index (χ1) is 11.7. The minimum Gasteiger partial charge on any atom is -0.493 e. The van der Waals surface area contributed by atoms with Crippen LogP contribution in [0.15, 0.2) is 36.7 Å². The van der Waals surface area contributed by atoms with Crippen LogP contribution in [0.4, 0.5) is 10.1 Å². The largest absolute Gasteiger partial charge is 0.493 e. The number of piperidine rings is 1. The van der Waals surface area contributed by atoms with Gasteiger partial charge in [-0.2, -0.15) is 0 Å². The molecule has 1 aromatic carbocycles. The Hall–Kier alpha value is -2.34. The SMILES string of the molecule is COc1ccc(F)cc1Oc1cncc(N2CC3CNC(C3)C2)c1. The van der Waals surface area contributed by atoms with Crippen LogP contribution in [-0.4, -0.2) is 37.8 Å². The van der Waals surface area contributed by atoms with Crippen molar-refractivity contribution in [2.45, 2.75) is 12.5 Å². The third kappa shape index (κ3) is 3.01. The van der Waals surface area contributed by atoms with Crippen molar-refractivity contribution in [1.82, 2.24) is 10.3 Å². The lowest BCUT2D eigenvalue weighted by atomic mass is 10.00. The number of methoxy groups -OCH3 is 1. The van der Waals surface area contributed by atoms with E-state index >= 15 is 0 Å². The highest BCUT2D eigenvalue weighted by Crippen LogP contribution is 2.34. The summed E-state index contributed by atoms with van der Waals surface area (Å²) in [7, 11) is 1.53. The molecule has 0 saturated carbocycles. The van der Waals surface area contributed by atoms with E-state index in [-0.39, 0.29) is 5.82 Å². The maximum Gasteiger partial charge on any atom is 0.172 e. The Kier molecular flexibility index (Phi) is 3.98. The monoisotopic (exact) mass is 329 g/mol. The fourth-order valence-corrected chi connectivity index (χ4v) is 3.54. The predicted molar refractivity (Wildman–Crippen MR) is 89.4 cm³/mol. The second-order valence-corrected chi connectivity index (χ2v) is 6.39. The molecule has 3 heterocycles. The number of pyridine rings is 1. The number of rotatable bonds is 4. The van der Waals surface area contributed by atoms with Gasteiger partial charge in [0.25, 0.3) is 0 Å². The van der Waals surface area contributed by atoms with Crippen molar-refractivity contribution in [2.24, 2.45) is 5.92 Å². The van der Waals surface area contributed by atoms with Gasteiger partial charge in [-0.25, -0.2) is 4.39 Å². The summed E-state index contributed by atoms with van der Waals surface area (Å²) in [5.74, 6) is 1.73. The number of aromatic nitrogens is 1. The van der Waals surface area contributed by atoms with E-state index in [0.29, 0.717) is 29.2 Å². The van der Waals surface area contributed by atoms with E-state index < -0.39 is 0 Å². The molecule has 2 aromatic rings. The first-order valence-corrected chi connectivity index (χ1v) is 8.16. The third-order valence-electron chi connectivity index (χ3n) is 4.65. The Bertz CT molecular complexity index is 728. The van der Waals surface area contributed by atoms with Gasteiger partial charge in [-0.3, -0.25) is 4.98 Å². The van der Waals surface area contributed by atoms with Crippen LogP contribution in [0.25, 0.3) is 0 Å². The topological polar surface area (TPSA) is 46.6 Å². The lowest BCUT2D eigenvalue weighted by Crippen LogP contribution is -2.41. The summed E-state index contributed by atoms with van der Waals surface area (Å²) >= 11 is 0. The summed E-state index contributed by atoms with van der Waals surface area (Å²) in [6.07, 6.45) is 4.73. The Morgan fingerprint density at radius 1 is 1.21 bits per heavy atom. The number of ether oxygens (including phenoxy) is 2. The van der Waals surface area contributed by atoms with Gasteiger partial charge in [-0.15, -0.1) is 0 Å². The molecule has 2 unspecified atom stereocenters. The number of nitrogens with zero attached hydrogens (tertiary/aromatic N) is 2. The lowest BCUT2D eigenvalue weighted by Gasteiger charge is -2.32. The maximum absolute atomic E-state index is 13.5. The van der Waals surface area contributed by atoms with Crippen molar-refractivity contribution >= 4 is 5.69 Å². The van der Waals surface area contributed by atoms with Crippen LogP contribution in [0, 0.1) is 11.7 Å². The molecule has 2 bridgehead atoms. The standard InChI is InChI=1S/C18H20FN3O2/c1-23-17-3-2-13(19)5-18(17)24-16-6-15(8-20-9-16)22-10-12-4-14(11-22)21-7-12/h2-3,5-6,8-9,12,14,21H,4,7,10-11H2,1H3. The van der Waals surface area contributed by atoms with Gasteiger partial charge in [0.1, 0.15) is 11.6 Å². The number of anilines is 1. The molecular weight excluding hydrogens is 309 g/mol. The molecular formula is C18H20FN3O2. The van der Waals surface area contributed by atoms with Crippen molar-refractivity contribution in [3.05, 3.63) is 42.5 Å². The van der Waals surface area contributed by atoms with Gasteiger partial charge in [0.05, 0.1) is 25.2 Å². The minimum atomic E-state index is -0.367. The van der Waals surface area contributed by atoms with E-state index in [9.17, 15) is 4.39 Å². The summed E-state index contributed by atoms with van der Waals surface area (Å²) in [5, 5.41) is 3.54. The molecule has 0 spiro atoms. The Balaban J connectivity index is 1.56. The van der Waals surface area contributed by atoms with Gasteiger partial charge >= 0.3 is 0 Å². The molecule has 0 amide bonds. The number of benzene rings is 1. The molecule has 2 atom stereocenters. The molecule has 24 heavy (non-hydrogen) atoms. The van der Waals surface area contributed by atoms with Crippen LogP contribution in [0.3, 0.4) is 0 Å². The molecule has 1 N–H and O–H groups in total. The first-order valence-electron chi connectivity index (χ1n) is 8.16. The molecule has 2 aliphatic heterocycles. The smallest absolute Gasteiger partial charge is 0.172 e. The number of halogens is 1. The van der Waals surface area contributed by atoms with Crippen LogP contribution in [-0.2, 0) is 0 Å². The molecule has 126 valence electrons. The van der Waals surface area contributed by atoms with Gasteiger partial charge in [-0.05, 0) is 24.5 Å². The number of hydrogen-bond acceptors (Lipinski definition) is 5. The number of nitrogens with one attached hydrogen (secondary N) is 1. The van der Waals surface area contributed by atoms with Gasteiger partial charge in [0.15, 0.2) is 11.5 Å². The summed E-state index contributed by atoms with van der Waals surface area (Å²) in [6.45, 7) is 3.09.